The first-order valence-corrected chi connectivity index (χ1v) is 7.33. The third-order valence-electron chi connectivity index (χ3n) is 3.86. The zero-order chi connectivity index (χ0) is 16.1. The number of hydrogen-bond acceptors (Lipinski definition) is 3. The van der Waals surface area contributed by atoms with E-state index in [4.69, 9.17) is 0 Å². The van der Waals surface area contributed by atoms with Crippen LogP contribution in [0.1, 0.15) is 25.3 Å². The first kappa shape index (κ1) is 16.0. The number of rotatable bonds is 5. The number of amides is 2. The number of carbonyl (C=O) groups excluding carboxylic acids is 2. The summed E-state index contributed by atoms with van der Waals surface area (Å²) >= 11 is 0. The second kappa shape index (κ2) is 7.06. The molecule has 0 aliphatic carbocycles. The van der Waals surface area contributed by atoms with Gasteiger partial charge < -0.3 is 15.3 Å². The van der Waals surface area contributed by atoms with E-state index in [2.05, 4.69) is 5.32 Å². The van der Waals surface area contributed by atoms with E-state index >= 15 is 0 Å². The Morgan fingerprint density at radius 3 is 2.59 bits per heavy atom. The molecule has 2 atom stereocenters. The van der Waals surface area contributed by atoms with Crippen molar-refractivity contribution >= 4 is 17.8 Å². The van der Waals surface area contributed by atoms with Crippen LogP contribution in [0.25, 0.3) is 0 Å². The highest BCUT2D eigenvalue weighted by atomic mass is 16.4. The highest BCUT2D eigenvalue weighted by Gasteiger charge is 2.34. The van der Waals surface area contributed by atoms with Crippen molar-refractivity contribution in [2.24, 2.45) is 0 Å². The Morgan fingerprint density at radius 2 is 2.00 bits per heavy atom. The molecule has 6 heteroatoms. The summed E-state index contributed by atoms with van der Waals surface area (Å²) in [4.78, 5) is 36.7. The zero-order valence-electron chi connectivity index (χ0n) is 12.5. The number of carboxylic acids is 1. The Labute approximate surface area is 129 Å². The van der Waals surface area contributed by atoms with Gasteiger partial charge in [-0.15, -0.1) is 0 Å². The van der Waals surface area contributed by atoms with Crippen LogP contribution in [0.2, 0.25) is 0 Å². The molecule has 1 saturated heterocycles. The summed E-state index contributed by atoms with van der Waals surface area (Å²) in [7, 11) is 0. The molecule has 2 amide bonds. The summed E-state index contributed by atoms with van der Waals surface area (Å²) in [6.45, 7) is 1.97. The Hall–Kier alpha value is -2.37. The second-order valence-electron chi connectivity index (χ2n) is 5.46. The van der Waals surface area contributed by atoms with Gasteiger partial charge in [0.25, 0.3) is 0 Å². The van der Waals surface area contributed by atoms with E-state index in [-0.39, 0.29) is 12.3 Å². The zero-order valence-corrected chi connectivity index (χ0v) is 12.5. The molecular weight excluding hydrogens is 284 g/mol. The molecule has 22 heavy (non-hydrogen) atoms. The van der Waals surface area contributed by atoms with Crippen molar-refractivity contribution in [3.8, 4) is 0 Å². The lowest BCUT2D eigenvalue weighted by atomic mass is 10.1. The van der Waals surface area contributed by atoms with Crippen molar-refractivity contribution in [3.05, 3.63) is 35.9 Å². The van der Waals surface area contributed by atoms with Crippen LogP contribution in [0.5, 0.6) is 0 Å². The van der Waals surface area contributed by atoms with Gasteiger partial charge in [0, 0.05) is 19.9 Å². The van der Waals surface area contributed by atoms with Crippen molar-refractivity contribution in [2.75, 3.05) is 6.54 Å². The normalized spacial score (nSPS) is 18.8. The highest BCUT2D eigenvalue weighted by Crippen LogP contribution is 2.17. The van der Waals surface area contributed by atoms with Gasteiger partial charge in [-0.25, -0.2) is 4.79 Å². The summed E-state index contributed by atoms with van der Waals surface area (Å²) in [6, 6.07) is 7.58. The summed E-state index contributed by atoms with van der Waals surface area (Å²) in [5.41, 5.74) is 0.838. The Kier molecular flexibility index (Phi) is 5.14. The number of nitrogens with one attached hydrogen (secondary N) is 1. The maximum atomic E-state index is 12.3. The topological polar surface area (TPSA) is 86.7 Å². The third kappa shape index (κ3) is 3.84. The first-order chi connectivity index (χ1) is 10.5. The van der Waals surface area contributed by atoms with Crippen LogP contribution >= 0.6 is 0 Å². The lowest BCUT2D eigenvalue weighted by Gasteiger charge is -2.24. The minimum atomic E-state index is -1.08. The standard InChI is InChI=1S/C16H20N2O4/c1-11(19)18-9-5-8-14(18)15(20)17-13(16(21)22)10-12-6-3-2-4-7-12/h2-4,6-7,13-14H,5,8-10H2,1H3,(H,17,20)(H,21,22)/t13-,14-/m0/s1. The van der Waals surface area contributed by atoms with Crippen LogP contribution in [0, 0.1) is 0 Å². The molecule has 2 rings (SSSR count). The van der Waals surface area contributed by atoms with Gasteiger partial charge in [-0.1, -0.05) is 30.3 Å². The molecule has 0 saturated carbocycles. The van der Waals surface area contributed by atoms with Gasteiger partial charge in [-0.2, -0.15) is 0 Å². The minimum absolute atomic E-state index is 0.160. The SMILES string of the molecule is CC(=O)N1CCC[C@H]1C(=O)N[C@@H](Cc1ccccc1)C(=O)O. The van der Waals surface area contributed by atoms with Gasteiger partial charge in [0.2, 0.25) is 11.8 Å². The Bertz CT molecular complexity index is 559. The smallest absolute Gasteiger partial charge is 0.326 e. The van der Waals surface area contributed by atoms with Crippen molar-refractivity contribution in [1.82, 2.24) is 10.2 Å². The number of nitrogens with zero attached hydrogens (tertiary/aromatic N) is 1. The summed E-state index contributed by atoms with van der Waals surface area (Å²) in [5.74, 6) is -1.63. The van der Waals surface area contributed by atoms with Crippen LogP contribution in [-0.2, 0) is 20.8 Å². The average molecular weight is 304 g/mol. The molecule has 6 nitrogen and oxygen atoms in total. The summed E-state index contributed by atoms with van der Waals surface area (Å²) in [5, 5.41) is 11.9. The summed E-state index contributed by atoms with van der Waals surface area (Å²) in [6.07, 6.45) is 1.55. The van der Waals surface area contributed by atoms with Crippen molar-refractivity contribution in [3.63, 3.8) is 0 Å². The predicted octanol–water partition coefficient (Wildman–Crippen LogP) is 0.809. The molecule has 1 aromatic rings. The van der Waals surface area contributed by atoms with Crippen LogP contribution < -0.4 is 5.32 Å². The molecule has 0 spiro atoms. The average Bonchev–Trinajstić information content (AvgIpc) is 2.97. The van der Waals surface area contributed by atoms with E-state index in [1.54, 1.807) is 0 Å². The Balaban J connectivity index is 2.03. The molecule has 1 heterocycles. The van der Waals surface area contributed by atoms with E-state index in [1.165, 1.54) is 11.8 Å². The maximum absolute atomic E-state index is 12.3. The highest BCUT2D eigenvalue weighted by molar-refractivity contribution is 5.90. The fraction of sp³-hybridized carbons (Fsp3) is 0.438. The molecule has 1 aliphatic heterocycles. The lowest BCUT2D eigenvalue weighted by molar-refractivity contribution is -0.143. The number of carbonyl (C=O) groups is 3. The molecule has 1 aromatic carbocycles. The molecule has 0 bridgehead atoms. The molecule has 0 aromatic heterocycles. The lowest BCUT2D eigenvalue weighted by Crippen LogP contribution is -2.51. The first-order valence-electron chi connectivity index (χ1n) is 7.33. The fourth-order valence-electron chi connectivity index (χ4n) is 2.73. The number of aliphatic carboxylic acids is 1. The maximum Gasteiger partial charge on any atom is 0.326 e. The van der Waals surface area contributed by atoms with Gasteiger partial charge in [0.05, 0.1) is 0 Å². The van der Waals surface area contributed by atoms with Crippen molar-refractivity contribution in [1.29, 1.82) is 0 Å². The van der Waals surface area contributed by atoms with Crippen LogP contribution in [0.4, 0.5) is 0 Å². The van der Waals surface area contributed by atoms with E-state index in [9.17, 15) is 19.5 Å². The van der Waals surface area contributed by atoms with E-state index in [1.807, 2.05) is 30.3 Å². The fourth-order valence-corrected chi connectivity index (χ4v) is 2.73. The van der Waals surface area contributed by atoms with E-state index in [0.29, 0.717) is 13.0 Å². The van der Waals surface area contributed by atoms with Crippen LogP contribution in [0.3, 0.4) is 0 Å². The van der Waals surface area contributed by atoms with E-state index in [0.717, 1.165) is 12.0 Å². The summed E-state index contributed by atoms with van der Waals surface area (Å²) < 4.78 is 0. The number of hydrogen-bond donors (Lipinski definition) is 2. The molecule has 1 fully saturated rings. The van der Waals surface area contributed by atoms with Gasteiger partial charge in [-0.3, -0.25) is 9.59 Å². The van der Waals surface area contributed by atoms with Crippen molar-refractivity contribution < 1.29 is 19.5 Å². The largest absolute Gasteiger partial charge is 0.480 e. The quantitative estimate of drug-likeness (QED) is 0.843. The van der Waals surface area contributed by atoms with Crippen LogP contribution in [0.15, 0.2) is 30.3 Å². The Morgan fingerprint density at radius 1 is 1.32 bits per heavy atom. The molecule has 118 valence electrons. The predicted molar refractivity (Wildman–Crippen MR) is 80.1 cm³/mol. The molecule has 0 radical (unpaired) electrons. The van der Waals surface area contributed by atoms with Crippen LogP contribution in [-0.4, -0.2) is 46.4 Å². The van der Waals surface area contributed by atoms with Crippen molar-refractivity contribution in [2.45, 2.75) is 38.3 Å². The molecule has 2 N–H and O–H groups in total. The minimum Gasteiger partial charge on any atom is -0.480 e. The van der Waals surface area contributed by atoms with Gasteiger partial charge in [0.1, 0.15) is 12.1 Å². The molecule has 0 unspecified atom stereocenters. The third-order valence-corrected chi connectivity index (χ3v) is 3.86. The number of benzene rings is 1. The molecular formula is C16H20N2O4. The number of likely N-dealkylation sites (tertiary alicyclic amines) is 1. The molecule has 1 aliphatic rings. The van der Waals surface area contributed by atoms with E-state index < -0.39 is 24.0 Å². The van der Waals surface area contributed by atoms with Gasteiger partial charge in [-0.05, 0) is 18.4 Å². The monoisotopic (exact) mass is 304 g/mol. The number of carboxylic acid groups (broad SMARTS) is 1. The van der Waals surface area contributed by atoms with Gasteiger partial charge in [0.15, 0.2) is 0 Å². The second-order valence-corrected chi connectivity index (χ2v) is 5.46. The van der Waals surface area contributed by atoms with Gasteiger partial charge >= 0.3 is 5.97 Å².